The standard InChI is InChI=1S/C23H29ClN2O3/c1-27-21-10-7-16(13-23(21)29-3)20-6-4-5-18-15-25(11-12-26(18)20)17-8-9-19(24)22(14-17)28-2/h7-10,13-14,18,20H,4-6,11-12,15H2,1-3H3/t18-,20?/m0/s1. The third kappa shape index (κ3) is 3.99. The number of rotatable bonds is 5. The van der Waals surface area contributed by atoms with Crippen LogP contribution in [-0.4, -0.2) is 51.9 Å². The van der Waals surface area contributed by atoms with Gasteiger partial charge in [-0.15, -0.1) is 0 Å². The van der Waals surface area contributed by atoms with Gasteiger partial charge in [0.05, 0.1) is 26.4 Å². The van der Waals surface area contributed by atoms with Gasteiger partial charge in [-0.1, -0.05) is 17.7 Å². The summed E-state index contributed by atoms with van der Waals surface area (Å²) in [6.45, 7) is 3.05. The Balaban J connectivity index is 1.53. The first-order chi connectivity index (χ1) is 14.1. The number of piperidine rings is 1. The van der Waals surface area contributed by atoms with Crippen molar-refractivity contribution < 1.29 is 14.2 Å². The molecule has 0 saturated carbocycles. The molecule has 2 fully saturated rings. The first-order valence-corrected chi connectivity index (χ1v) is 10.6. The molecule has 2 atom stereocenters. The summed E-state index contributed by atoms with van der Waals surface area (Å²) >= 11 is 6.21. The van der Waals surface area contributed by atoms with E-state index in [1.165, 1.54) is 30.5 Å². The van der Waals surface area contributed by atoms with Crippen molar-refractivity contribution in [1.29, 1.82) is 0 Å². The lowest BCUT2D eigenvalue weighted by Gasteiger charge is -2.49. The minimum atomic E-state index is 0.426. The molecule has 2 aromatic rings. The minimum Gasteiger partial charge on any atom is -0.495 e. The Hall–Kier alpha value is -2.11. The van der Waals surface area contributed by atoms with Gasteiger partial charge in [0.2, 0.25) is 0 Å². The van der Waals surface area contributed by atoms with E-state index >= 15 is 0 Å². The SMILES string of the molecule is COc1cc(N2CCN3C(c4ccc(OC)c(OC)c4)CCC[C@H]3C2)ccc1Cl. The summed E-state index contributed by atoms with van der Waals surface area (Å²) in [7, 11) is 5.04. The molecule has 0 amide bonds. The Bertz CT molecular complexity index is 860. The highest BCUT2D eigenvalue weighted by molar-refractivity contribution is 6.32. The smallest absolute Gasteiger partial charge is 0.161 e. The van der Waals surface area contributed by atoms with Crippen molar-refractivity contribution >= 4 is 17.3 Å². The Kier molecular flexibility index (Phi) is 6.07. The summed E-state index contributed by atoms with van der Waals surface area (Å²) in [5.41, 5.74) is 2.49. The molecule has 156 valence electrons. The number of anilines is 1. The van der Waals surface area contributed by atoms with Crippen molar-refractivity contribution in [3.05, 3.63) is 47.0 Å². The first-order valence-electron chi connectivity index (χ1n) is 10.2. The number of ether oxygens (including phenoxy) is 3. The number of fused-ring (bicyclic) bond motifs is 1. The lowest BCUT2D eigenvalue weighted by atomic mass is 9.89. The Morgan fingerprint density at radius 3 is 2.41 bits per heavy atom. The van der Waals surface area contributed by atoms with E-state index in [1.807, 2.05) is 18.2 Å². The molecule has 0 radical (unpaired) electrons. The number of halogens is 1. The van der Waals surface area contributed by atoms with Gasteiger partial charge in [-0.05, 0) is 49.1 Å². The molecule has 0 bridgehead atoms. The molecule has 6 heteroatoms. The molecule has 5 nitrogen and oxygen atoms in total. The third-order valence-electron chi connectivity index (χ3n) is 6.24. The predicted octanol–water partition coefficient (Wildman–Crippen LogP) is 4.78. The van der Waals surface area contributed by atoms with E-state index in [0.29, 0.717) is 17.1 Å². The monoisotopic (exact) mass is 416 g/mol. The van der Waals surface area contributed by atoms with Crippen LogP contribution in [0.2, 0.25) is 5.02 Å². The molecule has 0 aromatic heterocycles. The van der Waals surface area contributed by atoms with Crippen LogP contribution in [0.3, 0.4) is 0 Å². The normalized spacial score (nSPS) is 22.1. The maximum absolute atomic E-state index is 6.21. The van der Waals surface area contributed by atoms with Crippen molar-refractivity contribution in [2.75, 3.05) is 45.9 Å². The quantitative estimate of drug-likeness (QED) is 0.700. The molecule has 0 spiro atoms. The average molecular weight is 417 g/mol. The molecule has 2 aromatic carbocycles. The van der Waals surface area contributed by atoms with Gasteiger partial charge in [-0.2, -0.15) is 0 Å². The highest BCUT2D eigenvalue weighted by atomic mass is 35.5. The third-order valence-corrected chi connectivity index (χ3v) is 6.55. The van der Waals surface area contributed by atoms with E-state index in [2.05, 4.69) is 28.0 Å². The van der Waals surface area contributed by atoms with E-state index < -0.39 is 0 Å². The first kappa shape index (κ1) is 20.2. The summed E-state index contributed by atoms with van der Waals surface area (Å²) < 4.78 is 16.4. The molecular formula is C23H29ClN2O3. The van der Waals surface area contributed by atoms with Crippen LogP contribution < -0.4 is 19.1 Å². The van der Waals surface area contributed by atoms with Crippen LogP contribution in [0.25, 0.3) is 0 Å². The molecule has 29 heavy (non-hydrogen) atoms. The summed E-state index contributed by atoms with van der Waals surface area (Å²) in [5.74, 6) is 2.32. The van der Waals surface area contributed by atoms with Gasteiger partial charge in [-0.3, -0.25) is 4.90 Å². The number of piperazine rings is 1. The highest BCUT2D eigenvalue weighted by Crippen LogP contribution is 2.40. The Morgan fingerprint density at radius 1 is 0.862 bits per heavy atom. The summed E-state index contributed by atoms with van der Waals surface area (Å²) in [6.07, 6.45) is 3.64. The van der Waals surface area contributed by atoms with Gasteiger partial charge in [0.25, 0.3) is 0 Å². The van der Waals surface area contributed by atoms with Gasteiger partial charge in [-0.25, -0.2) is 0 Å². The number of hydrogen-bond donors (Lipinski definition) is 0. The molecule has 2 aliphatic rings. The lowest BCUT2D eigenvalue weighted by molar-refractivity contribution is 0.0715. The maximum atomic E-state index is 6.21. The molecule has 2 aliphatic heterocycles. The lowest BCUT2D eigenvalue weighted by Crippen LogP contribution is -2.55. The number of benzene rings is 2. The van der Waals surface area contributed by atoms with Crippen LogP contribution in [0.5, 0.6) is 17.2 Å². The Labute approximate surface area is 178 Å². The fourth-order valence-electron chi connectivity index (χ4n) is 4.75. The molecular weight excluding hydrogens is 388 g/mol. The number of nitrogens with zero attached hydrogens (tertiary/aromatic N) is 2. The van der Waals surface area contributed by atoms with Gasteiger partial charge >= 0.3 is 0 Å². The van der Waals surface area contributed by atoms with Crippen LogP contribution >= 0.6 is 11.6 Å². The van der Waals surface area contributed by atoms with Crippen molar-refractivity contribution in [2.24, 2.45) is 0 Å². The van der Waals surface area contributed by atoms with Crippen molar-refractivity contribution in [1.82, 2.24) is 4.90 Å². The van der Waals surface area contributed by atoms with Gasteiger partial charge < -0.3 is 19.1 Å². The zero-order valence-electron chi connectivity index (χ0n) is 17.4. The van der Waals surface area contributed by atoms with Crippen LogP contribution in [0.1, 0.15) is 30.9 Å². The minimum absolute atomic E-state index is 0.426. The van der Waals surface area contributed by atoms with Crippen LogP contribution in [-0.2, 0) is 0 Å². The van der Waals surface area contributed by atoms with E-state index in [4.69, 9.17) is 25.8 Å². The van der Waals surface area contributed by atoms with E-state index in [-0.39, 0.29) is 0 Å². The molecule has 0 aliphatic carbocycles. The topological polar surface area (TPSA) is 34.2 Å². The molecule has 1 unspecified atom stereocenters. The van der Waals surface area contributed by atoms with Crippen LogP contribution in [0.15, 0.2) is 36.4 Å². The predicted molar refractivity (Wildman–Crippen MR) is 117 cm³/mol. The number of methoxy groups -OCH3 is 3. The average Bonchev–Trinajstić information content (AvgIpc) is 2.78. The van der Waals surface area contributed by atoms with Crippen LogP contribution in [0, 0.1) is 0 Å². The zero-order valence-corrected chi connectivity index (χ0v) is 18.1. The van der Waals surface area contributed by atoms with E-state index in [0.717, 1.165) is 36.9 Å². The summed E-state index contributed by atoms with van der Waals surface area (Å²) in [4.78, 5) is 5.13. The zero-order chi connectivity index (χ0) is 20.4. The second kappa shape index (κ2) is 8.72. The number of hydrogen-bond acceptors (Lipinski definition) is 5. The molecule has 4 rings (SSSR count). The molecule has 2 heterocycles. The van der Waals surface area contributed by atoms with Gasteiger partial charge in [0.1, 0.15) is 5.75 Å². The van der Waals surface area contributed by atoms with Crippen molar-refractivity contribution in [2.45, 2.75) is 31.3 Å². The van der Waals surface area contributed by atoms with Crippen molar-refractivity contribution in [3.8, 4) is 17.2 Å². The fourth-order valence-corrected chi connectivity index (χ4v) is 4.94. The maximum Gasteiger partial charge on any atom is 0.161 e. The second-order valence-electron chi connectivity index (χ2n) is 7.72. The van der Waals surface area contributed by atoms with Crippen molar-refractivity contribution in [3.63, 3.8) is 0 Å². The summed E-state index contributed by atoms with van der Waals surface area (Å²) in [5, 5.41) is 0.654. The van der Waals surface area contributed by atoms with E-state index in [1.54, 1.807) is 21.3 Å². The van der Waals surface area contributed by atoms with Gasteiger partial charge in [0, 0.05) is 43.5 Å². The second-order valence-corrected chi connectivity index (χ2v) is 8.12. The molecule has 2 saturated heterocycles. The highest BCUT2D eigenvalue weighted by Gasteiger charge is 2.36. The van der Waals surface area contributed by atoms with Gasteiger partial charge in [0.15, 0.2) is 11.5 Å². The molecule has 0 N–H and O–H groups in total. The van der Waals surface area contributed by atoms with Crippen LogP contribution in [0.4, 0.5) is 5.69 Å². The van der Waals surface area contributed by atoms with E-state index in [9.17, 15) is 0 Å². The fraction of sp³-hybridized carbons (Fsp3) is 0.478. The Morgan fingerprint density at radius 2 is 1.66 bits per heavy atom. The summed E-state index contributed by atoms with van der Waals surface area (Å²) in [6, 6.07) is 13.4. The largest absolute Gasteiger partial charge is 0.495 e.